The van der Waals surface area contributed by atoms with E-state index in [1.807, 2.05) is 0 Å². The summed E-state index contributed by atoms with van der Waals surface area (Å²) < 4.78 is 30.4. The van der Waals surface area contributed by atoms with Crippen molar-refractivity contribution in [2.45, 2.75) is 19.9 Å². The first-order valence-corrected chi connectivity index (χ1v) is 9.74. The number of pyridine rings is 2. The van der Waals surface area contributed by atoms with Crippen molar-refractivity contribution in [3.8, 4) is 11.3 Å². The minimum atomic E-state index is -2.75. The van der Waals surface area contributed by atoms with Crippen molar-refractivity contribution in [1.29, 1.82) is 0 Å². The summed E-state index contributed by atoms with van der Waals surface area (Å²) in [5, 5.41) is 11.6. The van der Waals surface area contributed by atoms with Crippen LogP contribution in [-0.4, -0.2) is 35.4 Å². The van der Waals surface area contributed by atoms with Gasteiger partial charge in [-0.15, -0.1) is 0 Å². The van der Waals surface area contributed by atoms with Gasteiger partial charge >= 0.3 is 0 Å². The van der Waals surface area contributed by atoms with Crippen LogP contribution in [0.15, 0.2) is 30.7 Å². The van der Waals surface area contributed by atoms with Crippen LogP contribution in [0.4, 0.5) is 14.6 Å². The highest BCUT2D eigenvalue weighted by molar-refractivity contribution is 6.36. The molecule has 4 heterocycles. The molecule has 0 aliphatic rings. The van der Waals surface area contributed by atoms with E-state index in [0.29, 0.717) is 22.0 Å². The van der Waals surface area contributed by atoms with Crippen molar-refractivity contribution in [2.24, 2.45) is 7.05 Å². The largest absolute Gasteiger partial charge is 0.308 e. The van der Waals surface area contributed by atoms with E-state index in [1.165, 1.54) is 29.2 Å². The van der Waals surface area contributed by atoms with Crippen LogP contribution in [0, 0.1) is 6.92 Å². The lowest BCUT2D eigenvalue weighted by atomic mass is 10.1. The molecule has 0 radical (unpaired) electrons. The normalized spacial score (nSPS) is 11.5. The second kappa shape index (κ2) is 8.20. The average molecular weight is 466 g/mol. The van der Waals surface area contributed by atoms with E-state index in [0.717, 1.165) is 0 Å². The Morgan fingerprint density at radius 2 is 2.03 bits per heavy atom. The first-order valence-electron chi connectivity index (χ1n) is 8.99. The molecule has 0 saturated carbocycles. The zero-order valence-electron chi connectivity index (χ0n) is 16.3. The predicted molar refractivity (Wildman–Crippen MR) is 112 cm³/mol. The quantitative estimate of drug-likeness (QED) is 0.471. The lowest BCUT2D eigenvalue weighted by Crippen LogP contribution is -2.20. The van der Waals surface area contributed by atoms with Crippen molar-refractivity contribution < 1.29 is 13.6 Å². The van der Waals surface area contributed by atoms with E-state index in [9.17, 15) is 13.6 Å². The average Bonchev–Trinajstić information content (AvgIpc) is 3.27. The SMILES string of the molecule is Cc1nn(CC(=O)Nc2ncc(Cl)cc2Cl)c2nc(-c3cnn(C)c3)cc(C(F)F)c12. The molecule has 1 N–H and O–H groups in total. The van der Waals surface area contributed by atoms with Crippen LogP contribution in [0.2, 0.25) is 10.0 Å². The Morgan fingerprint density at radius 3 is 2.68 bits per heavy atom. The number of aromatic nitrogens is 6. The molecule has 4 rings (SSSR count). The van der Waals surface area contributed by atoms with Gasteiger partial charge in [-0.2, -0.15) is 10.2 Å². The maximum atomic E-state index is 13.8. The molecule has 8 nitrogen and oxygen atoms in total. The molecule has 0 saturated heterocycles. The van der Waals surface area contributed by atoms with Gasteiger partial charge in [0.05, 0.1) is 33.0 Å². The Labute approximate surface area is 184 Å². The van der Waals surface area contributed by atoms with Crippen LogP contribution >= 0.6 is 23.2 Å². The molecule has 0 aliphatic heterocycles. The molecule has 1 amide bonds. The topological polar surface area (TPSA) is 90.5 Å². The smallest absolute Gasteiger partial charge is 0.264 e. The number of carbonyl (C=O) groups is 1. The summed E-state index contributed by atoms with van der Waals surface area (Å²) in [5.41, 5.74) is 1.17. The summed E-state index contributed by atoms with van der Waals surface area (Å²) in [6.07, 6.45) is 1.78. The molecule has 0 spiro atoms. The summed E-state index contributed by atoms with van der Waals surface area (Å²) in [5.74, 6) is -0.380. The second-order valence-electron chi connectivity index (χ2n) is 6.77. The fourth-order valence-electron chi connectivity index (χ4n) is 3.18. The highest BCUT2D eigenvalue weighted by atomic mass is 35.5. The van der Waals surface area contributed by atoms with Crippen LogP contribution < -0.4 is 5.32 Å². The summed E-state index contributed by atoms with van der Waals surface area (Å²) in [6.45, 7) is 1.31. The third-order valence-electron chi connectivity index (χ3n) is 4.50. The Balaban J connectivity index is 1.73. The summed E-state index contributed by atoms with van der Waals surface area (Å²) in [4.78, 5) is 21.0. The predicted octanol–water partition coefficient (Wildman–Crippen LogP) is 4.42. The van der Waals surface area contributed by atoms with E-state index in [2.05, 4.69) is 25.5 Å². The Kier molecular flexibility index (Phi) is 5.59. The van der Waals surface area contributed by atoms with Gasteiger partial charge in [-0.1, -0.05) is 23.2 Å². The van der Waals surface area contributed by atoms with E-state index >= 15 is 0 Å². The van der Waals surface area contributed by atoms with Gasteiger partial charge in [0, 0.05) is 30.6 Å². The molecule has 0 atom stereocenters. The molecule has 4 aromatic heterocycles. The number of rotatable bonds is 5. The van der Waals surface area contributed by atoms with Crippen LogP contribution in [0.1, 0.15) is 17.7 Å². The van der Waals surface area contributed by atoms with E-state index in [-0.39, 0.29) is 34.0 Å². The van der Waals surface area contributed by atoms with Crippen molar-refractivity contribution in [3.63, 3.8) is 0 Å². The van der Waals surface area contributed by atoms with Crippen LogP contribution in [0.5, 0.6) is 0 Å². The Morgan fingerprint density at radius 1 is 1.26 bits per heavy atom. The first-order chi connectivity index (χ1) is 14.7. The van der Waals surface area contributed by atoms with Crippen molar-refractivity contribution in [3.05, 3.63) is 52.0 Å². The zero-order chi connectivity index (χ0) is 22.3. The fourth-order valence-corrected chi connectivity index (χ4v) is 3.61. The van der Waals surface area contributed by atoms with Crippen molar-refractivity contribution in [1.82, 2.24) is 29.5 Å². The van der Waals surface area contributed by atoms with Crippen molar-refractivity contribution in [2.75, 3.05) is 5.32 Å². The highest BCUT2D eigenvalue weighted by Crippen LogP contribution is 2.33. The number of carbonyl (C=O) groups excluding carboxylic acids is 1. The Hall–Kier alpha value is -3.11. The van der Waals surface area contributed by atoms with Gasteiger partial charge < -0.3 is 5.32 Å². The third-order valence-corrected chi connectivity index (χ3v) is 5.00. The monoisotopic (exact) mass is 465 g/mol. The summed E-state index contributed by atoms with van der Waals surface area (Å²) in [6, 6.07) is 2.76. The molecule has 31 heavy (non-hydrogen) atoms. The number of nitrogens with one attached hydrogen (secondary N) is 1. The second-order valence-corrected chi connectivity index (χ2v) is 7.62. The number of hydrogen-bond acceptors (Lipinski definition) is 5. The van der Waals surface area contributed by atoms with Gasteiger partial charge in [0.2, 0.25) is 5.91 Å². The van der Waals surface area contributed by atoms with Gasteiger partial charge in [-0.05, 0) is 19.1 Å². The molecule has 0 bridgehead atoms. The minimum absolute atomic E-state index is 0.126. The molecule has 0 aromatic carbocycles. The number of aryl methyl sites for hydroxylation is 2. The first kappa shape index (κ1) is 21.1. The van der Waals surface area contributed by atoms with Gasteiger partial charge in [-0.3, -0.25) is 9.48 Å². The van der Waals surface area contributed by atoms with Gasteiger partial charge in [0.15, 0.2) is 11.5 Å². The van der Waals surface area contributed by atoms with Gasteiger partial charge in [0.25, 0.3) is 6.43 Å². The molecular weight excluding hydrogens is 451 g/mol. The number of nitrogens with zero attached hydrogens (tertiary/aromatic N) is 6. The molecule has 0 unspecified atom stereocenters. The molecule has 12 heteroatoms. The number of fused-ring (bicyclic) bond motifs is 1. The standard InChI is InChI=1S/C19H15Cl2F2N7O/c1-9-16-12(17(22)23)4-14(10-5-25-29(2)7-10)26-19(16)30(28-9)8-15(31)27-18-13(21)3-11(20)6-24-18/h3-7,17H,8H2,1-2H3,(H,24,27,31). The number of alkyl halides is 2. The lowest BCUT2D eigenvalue weighted by molar-refractivity contribution is -0.116. The molecule has 0 aliphatic carbocycles. The van der Waals surface area contributed by atoms with Gasteiger partial charge in [-0.25, -0.2) is 23.4 Å². The van der Waals surface area contributed by atoms with E-state index in [1.54, 1.807) is 24.9 Å². The minimum Gasteiger partial charge on any atom is -0.308 e. The third kappa shape index (κ3) is 4.21. The maximum Gasteiger partial charge on any atom is 0.264 e. The molecule has 0 fully saturated rings. The van der Waals surface area contributed by atoms with Crippen molar-refractivity contribution >= 4 is 46.0 Å². The van der Waals surface area contributed by atoms with Gasteiger partial charge in [0.1, 0.15) is 6.54 Å². The summed E-state index contributed by atoms with van der Waals surface area (Å²) >= 11 is 11.8. The molecular formula is C19H15Cl2F2N7O. The fraction of sp³-hybridized carbons (Fsp3) is 0.211. The van der Waals surface area contributed by atoms with Crippen LogP contribution in [0.25, 0.3) is 22.3 Å². The Bertz CT molecular complexity index is 1300. The van der Waals surface area contributed by atoms with Crippen LogP contribution in [0.3, 0.4) is 0 Å². The number of halogens is 4. The molecule has 4 aromatic rings. The lowest BCUT2D eigenvalue weighted by Gasteiger charge is -2.09. The highest BCUT2D eigenvalue weighted by Gasteiger charge is 2.22. The maximum absolute atomic E-state index is 13.8. The number of hydrogen-bond donors (Lipinski definition) is 1. The number of anilines is 1. The zero-order valence-corrected chi connectivity index (χ0v) is 17.8. The summed E-state index contributed by atoms with van der Waals surface area (Å²) in [7, 11) is 1.71. The van der Waals surface area contributed by atoms with E-state index < -0.39 is 12.3 Å². The van der Waals surface area contributed by atoms with Crippen LogP contribution in [-0.2, 0) is 18.4 Å². The molecule has 160 valence electrons. The van der Waals surface area contributed by atoms with E-state index in [4.69, 9.17) is 23.2 Å². The number of amides is 1.